The molecule has 0 aliphatic heterocycles. The second-order valence-electron chi connectivity index (χ2n) is 4.52. The zero-order valence-corrected chi connectivity index (χ0v) is 10.8. The van der Waals surface area contributed by atoms with Crippen molar-refractivity contribution in [2.24, 2.45) is 0 Å². The number of halogens is 1. The van der Waals surface area contributed by atoms with Gasteiger partial charge in [-0.3, -0.25) is 0 Å². The highest BCUT2D eigenvalue weighted by Crippen LogP contribution is 2.20. The van der Waals surface area contributed by atoms with Crippen LogP contribution in [-0.4, -0.2) is 30.2 Å². The smallest absolute Gasteiger partial charge is 0.0724 e. The number of hydrogen-bond acceptors (Lipinski definition) is 2. The van der Waals surface area contributed by atoms with E-state index in [0.29, 0.717) is 12.7 Å². The molecule has 0 bridgehead atoms. The summed E-state index contributed by atoms with van der Waals surface area (Å²) in [7, 11) is 0. The van der Waals surface area contributed by atoms with Gasteiger partial charge in [-0.1, -0.05) is 28.8 Å². The molecule has 1 saturated carbocycles. The fraction of sp³-hybridized carbons (Fsp3) is 1.00. The molecule has 0 atom stereocenters. The van der Waals surface area contributed by atoms with Gasteiger partial charge in [0, 0.05) is 5.33 Å². The molecule has 1 aliphatic rings. The van der Waals surface area contributed by atoms with Crippen LogP contribution in [-0.2, 0) is 9.47 Å². The third-order valence-electron chi connectivity index (χ3n) is 2.55. The van der Waals surface area contributed by atoms with Crippen molar-refractivity contribution in [1.82, 2.24) is 0 Å². The van der Waals surface area contributed by atoms with Crippen molar-refractivity contribution in [2.45, 2.75) is 51.2 Å². The molecule has 0 aromatic carbocycles. The van der Waals surface area contributed by atoms with Crippen LogP contribution in [0.4, 0.5) is 0 Å². The van der Waals surface area contributed by atoms with Gasteiger partial charge in [0.05, 0.1) is 24.9 Å². The van der Waals surface area contributed by atoms with E-state index in [2.05, 4.69) is 29.8 Å². The largest absolute Gasteiger partial charge is 0.376 e. The highest BCUT2D eigenvalue weighted by Gasteiger charge is 2.17. The van der Waals surface area contributed by atoms with E-state index in [1.54, 1.807) is 0 Å². The Morgan fingerprint density at radius 1 is 1.21 bits per heavy atom. The summed E-state index contributed by atoms with van der Waals surface area (Å²) in [6.07, 6.45) is 5.64. The van der Waals surface area contributed by atoms with Gasteiger partial charge in [0.25, 0.3) is 0 Å². The lowest BCUT2D eigenvalue weighted by molar-refractivity contribution is -0.0473. The summed E-state index contributed by atoms with van der Waals surface area (Å²) < 4.78 is 11.4. The first-order chi connectivity index (χ1) is 6.64. The lowest BCUT2D eigenvalue weighted by atomic mass is 10.2. The summed E-state index contributed by atoms with van der Waals surface area (Å²) in [4.78, 5) is 0. The van der Waals surface area contributed by atoms with Crippen molar-refractivity contribution in [1.29, 1.82) is 0 Å². The molecule has 1 fully saturated rings. The van der Waals surface area contributed by atoms with Crippen molar-refractivity contribution < 1.29 is 9.47 Å². The monoisotopic (exact) mass is 264 g/mol. The van der Waals surface area contributed by atoms with Gasteiger partial charge in [0.1, 0.15) is 0 Å². The van der Waals surface area contributed by atoms with Crippen LogP contribution >= 0.6 is 15.9 Å². The van der Waals surface area contributed by atoms with Crippen LogP contribution in [0.2, 0.25) is 0 Å². The number of ether oxygens (including phenoxy) is 2. The Labute approximate surface area is 95.5 Å². The number of hydrogen-bond donors (Lipinski definition) is 0. The van der Waals surface area contributed by atoms with Gasteiger partial charge in [0.15, 0.2) is 0 Å². The highest BCUT2D eigenvalue weighted by atomic mass is 79.9. The van der Waals surface area contributed by atoms with E-state index >= 15 is 0 Å². The molecule has 1 aliphatic carbocycles. The summed E-state index contributed by atoms with van der Waals surface area (Å²) >= 11 is 3.42. The number of rotatable bonds is 6. The molecule has 1 rings (SSSR count). The van der Waals surface area contributed by atoms with Crippen molar-refractivity contribution in [2.75, 3.05) is 18.5 Å². The van der Waals surface area contributed by atoms with Crippen LogP contribution in [0.15, 0.2) is 0 Å². The van der Waals surface area contributed by atoms with Crippen molar-refractivity contribution >= 4 is 15.9 Å². The molecular formula is C11H21BrO2. The van der Waals surface area contributed by atoms with Crippen molar-refractivity contribution in [3.8, 4) is 0 Å². The van der Waals surface area contributed by atoms with Crippen LogP contribution in [0.25, 0.3) is 0 Å². The maximum atomic E-state index is 5.70. The van der Waals surface area contributed by atoms with E-state index < -0.39 is 0 Å². The first-order valence-corrected chi connectivity index (χ1v) is 6.58. The topological polar surface area (TPSA) is 18.5 Å². The van der Waals surface area contributed by atoms with Crippen LogP contribution in [0.3, 0.4) is 0 Å². The quantitative estimate of drug-likeness (QED) is 0.542. The van der Waals surface area contributed by atoms with E-state index in [4.69, 9.17) is 9.47 Å². The summed E-state index contributed by atoms with van der Waals surface area (Å²) in [6.45, 7) is 5.60. The van der Waals surface area contributed by atoms with E-state index in [-0.39, 0.29) is 5.60 Å². The van der Waals surface area contributed by atoms with E-state index in [1.165, 1.54) is 25.7 Å². The lowest BCUT2D eigenvalue weighted by Crippen LogP contribution is -2.28. The minimum Gasteiger partial charge on any atom is -0.376 e. The van der Waals surface area contributed by atoms with Crippen molar-refractivity contribution in [3.05, 3.63) is 0 Å². The summed E-state index contributed by atoms with van der Waals surface area (Å²) in [5.74, 6) is 0. The fourth-order valence-electron chi connectivity index (χ4n) is 1.63. The molecule has 0 N–H and O–H groups in total. The zero-order valence-electron chi connectivity index (χ0n) is 9.22. The second kappa shape index (κ2) is 6.09. The highest BCUT2D eigenvalue weighted by molar-refractivity contribution is 9.09. The summed E-state index contributed by atoms with van der Waals surface area (Å²) in [6, 6.07) is 0. The molecule has 0 radical (unpaired) electrons. The predicted octanol–water partition coefficient (Wildman–Crippen LogP) is 3.14. The summed E-state index contributed by atoms with van der Waals surface area (Å²) in [5.41, 5.74) is -0.0704. The Bertz CT molecular complexity index is 153. The summed E-state index contributed by atoms with van der Waals surface area (Å²) in [5, 5.41) is 0.865. The van der Waals surface area contributed by atoms with E-state index in [1.807, 2.05) is 0 Å². The minimum atomic E-state index is -0.0704. The molecule has 3 heteroatoms. The van der Waals surface area contributed by atoms with Crippen molar-refractivity contribution in [3.63, 3.8) is 0 Å². The maximum absolute atomic E-state index is 5.70. The van der Waals surface area contributed by atoms with Crippen LogP contribution in [0.5, 0.6) is 0 Å². The SMILES string of the molecule is CC(C)(CBr)OCCOC1CCCC1. The molecule has 0 heterocycles. The first kappa shape index (κ1) is 12.5. The predicted molar refractivity (Wildman–Crippen MR) is 62.0 cm³/mol. The third kappa shape index (κ3) is 4.76. The van der Waals surface area contributed by atoms with E-state index in [9.17, 15) is 0 Å². The Kier molecular flexibility index (Phi) is 5.42. The molecule has 0 spiro atoms. The minimum absolute atomic E-state index is 0.0704. The zero-order chi connectivity index (χ0) is 10.4. The molecule has 84 valence electrons. The van der Waals surface area contributed by atoms with Crippen LogP contribution in [0.1, 0.15) is 39.5 Å². The molecular weight excluding hydrogens is 244 g/mol. The maximum Gasteiger partial charge on any atom is 0.0724 e. The molecule has 0 aromatic rings. The molecule has 0 saturated heterocycles. The Morgan fingerprint density at radius 3 is 2.43 bits per heavy atom. The van der Waals surface area contributed by atoms with Gasteiger partial charge in [-0.2, -0.15) is 0 Å². The molecule has 0 unspecified atom stereocenters. The molecule has 0 aromatic heterocycles. The van der Waals surface area contributed by atoms with E-state index in [0.717, 1.165) is 11.9 Å². The van der Waals surface area contributed by atoms with Crippen LogP contribution in [0, 0.1) is 0 Å². The van der Waals surface area contributed by atoms with Gasteiger partial charge in [-0.15, -0.1) is 0 Å². The lowest BCUT2D eigenvalue weighted by Gasteiger charge is -2.23. The molecule has 2 nitrogen and oxygen atoms in total. The fourth-order valence-corrected chi connectivity index (χ4v) is 1.79. The number of alkyl halides is 1. The third-order valence-corrected chi connectivity index (χ3v) is 3.90. The Morgan fingerprint density at radius 2 is 1.86 bits per heavy atom. The Balaban J connectivity index is 1.98. The van der Waals surface area contributed by atoms with Gasteiger partial charge in [0.2, 0.25) is 0 Å². The van der Waals surface area contributed by atoms with Gasteiger partial charge < -0.3 is 9.47 Å². The average Bonchev–Trinajstić information content (AvgIpc) is 2.65. The Hall–Kier alpha value is 0.400. The van der Waals surface area contributed by atoms with Crippen LogP contribution < -0.4 is 0 Å². The second-order valence-corrected chi connectivity index (χ2v) is 5.08. The standard InChI is InChI=1S/C11H21BrO2/c1-11(2,9-12)14-8-7-13-10-5-3-4-6-10/h10H,3-9H2,1-2H3. The normalized spacial score (nSPS) is 19.1. The molecule has 14 heavy (non-hydrogen) atoms. The average molecular weight is 265 g/mol. The van der Waals surface area contributed by atoms with Gasteiger partial charge in [-0.05, 0) is 26.7 Å². The first-order valence-electron chi connectivity index (χ1n) is 5.45. The molecule has 0 amide bonds. The van der Waals surface area contributed by atoms with Gasteiger partial charge in [-0.25, -0.2) is 0 Å². The van der Waals surface area contributed by atoms with Gasteiger partial charge >= 0.3 is 0 Å².